The molecule has 0 spiro atoms. The van der Waals surface area contributed by atoms with Gasteiger partial charge in [0.25, 0.3) is 0 Å². The molecule has 6 aromatic carbocycles. The maximum atomic E-state index is 14.0. The van der Waals surface area contributed by atoms with E-state index in [1.807, 2.05) is 24.3 Å². The van der Waals surface area contributed by atoms with Crippen molar-refractivity contribution >= 4 is 49.4 Å². The van der Waals surface area contributed by atoms with Crippen molar-refractivity contribution in [3.05, 3.63) is 155 Å². The molecule has 2 aromatic heterocycles. The molecule has 0 aliphatic heterocycles. The first-order valence-corrected chi connectivity index (χ1v) is 20.1. The monoisotopic (exact) mass is 736 g/mol. The van der Waals surface area contributed by atoms with Gasteiger partial charge in [-0.15, -0.1) is 0 Å². The summed E-state index contributed by atoms with van der Waals surface area (Å²) in [6.45, 7) is 27.2. The Morgan fingerprint density at radius 3 is 0.786 bits per heavy atom. The minimum absolute atomic E-state index is 0.0156. The van der Waals surface area contributed by atoms with Crippen molar-refractivity contribution in [3.63, 3.8) is 0 Å². The largest absolute Gasteiger partial charge is 0.309 e. The van der Waals surface area contributed by atoms with Crippen LogP contribution in [0.4, 0.5) is 0 Å². The van der Waals surface area contributed by atoms with Crippen LogP contribution in [0.25, 0.3) is 55.0 Å². The molecular formula is C53H56N2O. The second-order valence-electron chi connectivity index (χ2n) is 20.0. The van der Waals surface area contributed by atoms with Crippen LogP contribution in [0.2, 0.25) is 0 Å². The average molecular weight is 737 g/mol. The molecule has 0 saturated carbocycles. The minimum Gasteiger partial charge on any atom is -0.309 e. The summed E-state index contributed by atoms with van der Waals surface area (Å²) in [5, 5.41) is 5.02. The Morgan fingerprint density at radius 1 is 0.339 bits per heavy atom. The van der Waals surface area contributed by atoms with Crippen LogP contribution in [0.3, 0.4) is 0 Å². The Morgan fingerprint density at radius 2 is 0.571 bits per heavy atom. The van der Waals surface area contributed by atoms with Gasteiger partial charge in [-0.2, -0.15) is 0 Å². The highest BCUT2D eigenvalue weighted by Gasteiger charge is 2.23. The predicted octanol–water partition coefficient (Wildman–Crippen LogP) is 14.3. The molecule has 0 fully saturated rings. The molecule has 0 amide bonds. The fraction of sp³-hybridized carbons (Fsp3) is 0.302. The molecule has 3 heteroatoms. The Bertz CT molecular complexity index is 2480. The summed E-state index contributed by atoms with van der Waals surface area (Å²) in [6, 6.07) is 43.8. The third-order valence-electron chi connectivity index (χ3n) is 11.8. The van der Waals surface area contributed by atoms with Gasteiger partial charge >= 0.3 is 0 Å². The summed E-state index contributed by atoms with van der Waals surface area (Å²) in [5.41, 5.74) is 13.6. The second-order valence-corrected chi connectivity index (χ2v) is 20.0. The number of carbonyl (C=O) groups excluding carboxylic acids is 1. The summed E-state index contributed by atoms with van der Waals surface area (Å²) < 4.78 is 4.68. The molecule has 0 aliphatic carbocycles. The van der Waals surface area contributed by atoms with Crippen LogP contribution in [0.5, 0.6) is 0 Å². The van der Waals surface area contributed by atoms with E-state index >= 15 is 0 Å². The van der Waals surface area contributed by atoms with Gasteiger partial charge in [-0.05, 0) is 141 Å². The Balaban J connectivity index is 1.16. The van der Waals surface area contributed by atoms with Crippen molar-refractivity contribution in [2.45, 2.75) is 105 Å². The summed E-state index contributed by atoms with van der Waals surface area (Å²) in [6.07, 6.45) is 0. The van der Waals surface area contributed by atoms with Crippen LogP contribution in [0.1, 0.15) is 121 Å². The summed E-state index contributed by atoms with van der Waals surface area (Å²) in [4.78, 5) is 14.0. The second kappa shape index (κ2) is 12.8. The van der Waals surface area contributed by atoms with Gasteiger partial charge in [-0.3, -0.25) is 4.79 Å². The maximum Gasteiger partial charge on any atom is 0.193 e. The van der Waals surface area contributed by atoms with Crippen LogP contribution in [0.15, 0.2) is 121 Å². The number of nitrogens with zero attached hydrogens (tertiary/aromatic N) is 2. The van der Waals surface area contributed by atoms with Crippen LogP contribution < -0.4 is 0 Å². The Kier molecular flexibility index (Phi) is 8.58. The Labute approximate surface area is 333 Å². The smallest absolute Gasteiger partial charge is 0.193 e. The van der Waals surface area contributed by atoms with Gasteiger partial charge in [0.05, 0.1) is 22.1 Å². The van der Waals surface area contributed by atoms with Gasteiger partial charge in [0.2, 0.25) is 0 Å². The normalized spacial score (nSPS) is 13.1. The fourth-order valence-corrected chi connectivity index (χ4v) is 8.16. The minimum atomic E-state index is 0.0156. The number of hydrogen-bond donors (Lipinski definition) is 0. The molecule has 8 aromatic rings. The SMILES string of the molecule is CC(C)(C)c1ccc2c(c1)c1cc(C(C)(C)C)ccc1n2-c1ccc(C(=O)c2ccc(-n3c4ccc(C(C)(C)C)cc4c4cc(C(C)(C)C)ccc43)cc2)cc1. The number of ketones is 1. The average Bonchev–Trinajstić information content (AvgIpc) is 3.64. The number of carbonyl (C=O) groups is 1. The van der Waals surface area contributed by atoms with Crippen molar-refractivity contribution in [1.82, 2.24) is 9.13 Å². The Hall–Kier alpha value is -5.41. The van der Waals surface area contributed by atoms with Crippen LogP contribution >= 0.6 is 0 Å². The fourth-order valence-electron chi connectivity index (χ4n) is 8.16. The van der Waals surface area contributed by atoms with Crippen LogP contribution in [-0.2, 0) is 21.7 Å². The van der Waals surface area contributed by atoms with Crippen LogP contribution in [0, 0.1) is 0 Å². The predicted molar refractivity (Wildman–Crippen MR) is 240 cm³/mol. The van der Waals surface area contributed by atoms with E-state index in [1.165, 1.54) is 65.9 Å². The number of fused-ring (bicyclic) bond motifs is 6. The summed E-state index contributed by atoms with van der Waals surface area (Å²) >= 11 is 0. The van der Waals surface area contributed by atoms with E-state index in [2.05, 4.69) is 189 Å². The number of hydrogen-bond acceptors (Lipinski definition) is 1. The highest BCUT2D eigenvalue weighted by molar-refractivity contribution is 6.12. The summed E-state index contributed by atoms with van der Waals surface area (Å²) in [5.74, 6) is 0.0156. The molecule has 0 atom stereocenters. The van der Waals surface area contributed by atoms with E-state index < -0.39 is 0 Å². The van der Waals surface area contributed by atoms with Crippen molar-refractivity contribution in [1.29, 1.82) is 0 Å². The molecule has 56 heavy (non-hydrogen) atoms. The summed E-state index contributed by atoms with van der Waals surface area (Å²) in [7, 11) is 0. The first kappa shape index (κ1) is 37.5. The van der Waals surface area contributed by atoms with E-state index in [9.17, 15) is 4.79 Å². The lowest BCUT2D eigenvalue weighted by Gasteiger charge is -2.19. The van der Waals surface area contributed by atoms with Gasteiger partial charge in [-0.25, -0.2) is 0 Å². The van der Waals surface area contributed by atoms with Crippen LogP contribution in [-0.4, -0.2) is 14.9 Å². The molecule has 0 radical (unpaired) electrons. The molecule has 0 bridgehead atoms. The van der Waals surface area contributed by atoms with E-state index in [1.54, 1.807) is 0 Å². The van der Waals surface area contributed by atoms with Crippen molar-refractivity contribution in [3.8, 4) is 11.4 Å². The zero-order chi connectivity index (χ0) is 40.1. The highest BCUT2D eigenvalue weighted by atomic mass is 16.1. The molecule has 0 N–H and O–H groups in total. The molecule has 0 saturated heterocycles. The van der Waals surface area contributed by atoms with E-state index in [0.717, 1.165) is 11.4 Å². The number of benzene rings is 6. The lowest BCUT2D eigenvalue weighted by atomic mass is 9.85. The topological polar surface area (TPSA) is 26.9 Å². The molecule has 0 unspecified atom stereocenters. The maximum absolute atomic E-state index is 14.0. The van der Waals surface area contributed by atoms with Gasteiger partial charge in [0.15, 0.2) is 5.78 Å². The zero-order valence-corrected chi connectivity index (χ0v) is 35.3. The van der Waals surface area contributed by atoms with E-state index in [0.29, 0.717) is 11.1 Å². The van der Waals surface area contributed by atoms with Crippen molar-refractivity contribution in [2.24, 2.45) is 0 Å². The highest BCUT2D eigenvalue weighted by Crippen LogP contribution is 2.39. The number of rotatable bonds is 4. The van der Waals surface area contributed by atoms with E-state index in [4.69, 9.17) is 0 Å². The quantitative estimate of drug-likeness (QED) is 0.165. The first-order chi connectivity index (χ1) is 26.2. The standard InChI is InChI=1S/C53H56N2O/c1-50(2,3)35-17-25-45-41(29-35)42-30-36(51(4,5)6)18-26-46(42)54(45)39-21-13-33(14-22-39)49(56)34-15-23-40(24-16-34)55-47-27-19-37(52(7,8)9)31-43(47)44-32-38(53(10,11)12)20-28-48(44)55/h13-32H,1-12H3. The first-order valence-electron chi connectivity index (χ1n) is 20.1. The lowest BCUT2D eigenvalue weighted by Crippen LogP contribution is -2.10. The van der Waals surface area contributed by atoms with E-state index in [-0.39, 0.29) is 27.4 Å². The van der Waals surface area contributed by atoms with Crippen molar-refractivity contribution in [2.75, 3.05) is 0 Å². The molecule has 3 nitrogen and oxygen atoms in total. The van der Waals surface area contributed by atoms with Crippen molar-refractivity contribution < 1.29 is 4.79 Å². The lowest BCUT2D eigenvalue weighted by molar-refractivity contribution is 0.103. The molecule has 2 heterocycles. The third kappa shape index (κ3) is 6.45. The van der Waals surface area contributed by atoms with Gasteiger partial charge < -0.3 is 9.13 Å². The van der Waals surface area contributed by atoms with Gasteiger partial charge in [-0.1, -0.05) is 107 Å². The molecule has 0 aliphatic rings. The van der Waals surface area contributed by atoms with Gasteiger partial charge in [0.1, 0.15) is 0 Å². The zero-order valence-electron chi connectivity index (χ0n) is 35.3. The molecule has 8 rings (SSSR count). The third-order valence-corrected chi connectivity index (χ3v) is 11.8. The number of aromatic nitrogens is 2. The molecule has 284 valence electrons. The van der Waals surface area contributed by atoms with Gasteiger partial charge in [0, 0.05) is 44.0 Å². The molecular weight excluding hydrogens is 681 g/mol.